The number of para-hydroxylation sites is 1. The Kier molecular flexibility index (Phi) is 6.84. The van der Waals surface area contributed by atoms with Gasteiger partial charge in [0.2, 0.25) is 0 Å². The summed E-state index contributed by atoms with van der Waals surface area (Å²) >= 11 is 3.60. The minimum Gasteiger partial charge on any atom is -0.336 e. The number of benzene rings is 2. The van der Waals surface area contributed by atoms with E-state index in [9.17, 15) is 5.26 Å². The van der Waals surface area contributed by atoms with E-state index in [0.29, 0.717) is 5.70 Å². The van der Waals surface area contributed by atoms with Crippen LogP contribution in [-0.4, -0.2) is 7.05 Å². The van der Waals surface area contributed by atoms with Gasteiger partial charge in [-0.15, -0.1) is 0 Å². The maximum absolute atomic E-state index is 9.60. The molecule has 2 nitrogen and oxygen atoms in total. The highest BCUT2D eigenvalue weighted by molar-refractivity contribution is 9.10. The highest BCUT2D eigenvalue weighted by atomic mass is 79.9. The fourth-order valence-electron chi connectivity index (χ4n) is 2.57. The smallest absolute Gasteiger partial charge is 0.117 e. The Hall–Kier alpha value is -2.31. The zero-order valence-electron chi connectivity index (χ0n) is 14.0. The van der Waals surface area contributed by atoms with Gasteiger partial charge in [-0.05, 0) is 43.2 Å². The van der Waals surface area contributed by atoms with Crippen molar-refractivity contribution >= 4 is 21.6 Å². The van der Waals surface area contributed by atoms with Crippen LogP contribution in [0.15, 0.2) is 83.0 Å². The number of anilines is 1. The van der Waals surface area contributed by atoms with Crippen LogP contribution in [0.4, 0.5) is 5.69 Å². The molecule has 0 heterocycles. The zero-order chi connectivity index (χ0) is 17.4. The van der Waals surface area contributed by atoms with Gasteiger partial charge in [-0.3, -0.25) is 0 Å². The summed E-state index contributed by atoms with van der Waals surface area (Å²) in [6, 6.07) is 20.5. The molecule has 2 aromatic rings. The minimum atomic E-state index is 0.162. The fourth-order valence-corrected chi connectivity index (χ4v) is 3.01. The van der Waals surface area contributed by atoms with Crippen molar-refractivity contribution in [2.75, 3.05) is 11.9 Å². The van der Waals surface area contributed by atoms with Gasteiger partial charge >= 0.3 is 0 Å². The molecule has 0 spiro atoms. The predicted molar refractivity (Wildman–Crippen MR) is 105 cm³/mol. The number of rotatable bonds is 6. The van der Waals surface area contributed by atoms with Crippen molar-refractivity contribution in [1.82, 2.24) is 0 Å². The highest BCUT2D eigenvalue weighted by Crippen LogP contribution is 2.23. The average molecular weight is 381 g/mol. The van der Waals surface area contributed by atoms with Crippen molar-refractivity contribution in [3.63, 3.8) is 0 Å². The number of hydrogen-bond acceptors (Lipinski definition) is 2. The van der Waals surface area contributed by atoms with Crippen LogP contribution in [0.2, 0.25) is 0 Å². The van der Waals surface area contributed by atoms with Crippen molar-refractivity contribution < 1.29 is 0 Å². The molecule has 1 unspecified atom stereocenters. The highest BCUT2D eigenvalue weighted by Gasteiger charge is 2.11. The first kappa shape index (κ1) is 18.0. The van der Waals surface area contributed by atoms with E-state index in [1.165, 1.54) is 5.56 Å². The quantitative estimate of drug-likeness (QED) is 0.472. The van der Waals surface area contributed by atoms with Gasteiger partial charge in [0.25, 0.3) is 0 Å². The van der Waals surface area contributed by atoms with Gasteiger partial charge < -0.3 is 4.90 Å². The molecule has 0 N–H and O–H groups in total. The number of nitriles is 1. The van der Waals surface area contributed by atoms with E-state index in [1.54, 1.807) is 0 Å². The first-order valence-electron chi connectivity index (χ1n) is 7.92. The standard InChI is InChI=1S/C21H21BrN2/c1-3-9-17(14-18-10-7-8-13-21(18)22)15-20(16-23)24(2)19-11-5-4-6-12-19/h3-13,15,17H,14H2,1-2H3/b9-3-,20-15+. The third kappa shape index (κ3) is 4.84. The first-order valence-corrected chi connectivity index (χ1v) is 8.72. The second kappa shape index (κ2) is 9.10. The molecular formula is C21H21BrN2. The summed E-state index contributed by atoms with van der Waals surface area (Å²) in [5.41, 5.74) is 2.89. The normalized spacial score (nSPS) is 12.8. The molecule has 0 aliphatic heterocycles. The van der Waals surface area contributed by atoms with Gasteiger partial charge in [0.15, 0.2) is 0 Å². The Morgan fingerprint density at radius 2 is 1.83 bits per heavy atom. The summed E-state index contributed by atoms with van der Waals surface area (Å²) in [5.74, 6) is 0.162. The van der Waals surface area contributed by atoms with Crippen LogP contribution in [0.1, 0.15) is 12.5 Å². The molecule has 0 saturated carbocycles. The molecule has 122 valence electrons. The van der Waals surface area contributed by atoms with E-state index < -0.39 is 0 Å². The van der Waals surface area contributed by atoms with E-state index in [4.69, 9.17) is 0 Å². The summed E-state index contributed by atoms with van der Waals surface area (Å²) in [7, 11) is 1.93. The average Bonchev–Trinajstić information content (AvgIpc) is 2.61. The van der Waals surface area contributed by atoms with Gasteiger partial charge in [-0.2, -0.15) is 5.26 Å². The lowest BCUT2D eigenvalue weighted by atomic mass is 9.97. The largest absolute Gasteiger partial charge is 0.336 e. The molecular weight excluding hydrogens is 360 g/mol. The predicted octanol–water partition coefficient (Wildman–Crippen LogP) is 5.73. The lowest BCUT2D eigenvalue weighted by Gasteiger charge is -2.20. The molecule has 1 atom stereocenters. The topological polar surface area (TPSA) is 27.0 Å². The molecule has 0 aliphatic carbocycles. The molecule has 0 amide bonds. The SMILES string of the molecule is C/C=C\C(/C=C(\C#N)N(C)c1ccccc1)Cc1ccccc1Br. The van der Waals surface area contributed by atoms with Crippen LogP contribution in [0.5, 0.6) is 0 Å². The Labute approximate surface area is 152 Å². The Morgan fingerprint density at radius 1 is 1.17 bits per heavy atom. The molecule has 24 heavy (non-hydrogen) atoms. The van der Waals surface area contributed by atoms with Gasteiger partial charge in [-0.25, -0.2) is 0 Å². The number of allylic oxidation sites excluding steroid dienone is 4. The van der Waals surface area contributed by atoms with Crippen molar-refractivity contribution in [1.29, 1.82) is 5.26 Å². The molecule has 0 bridgehead atoms. The third-order valence-electron chi connectivity index (χ3n) is 3.84. The maximum Gasteiger partial charge on any atom is 0.117 e. The van der Waals surface area contributed by atoms with Crippen molar-refractivity contribution in [2.45, 2.75) is 13.3 Å². The monoisotopic (exact) mass is 380 g/mol. The Bertz CT molecular complexity index is 757. The number of hydrogen-bond donors (Lipinski definition) is 0. The summed E-state index contributed by atoms with van der Waals surface area (Å²) in [6.07, 6.45) is 7.05. The lowest BCUT2D eigenvalue weighted by Crippen LogP contribution is -2.16. The van der Waals surface area contributed by atoms with Gasteiger partial charge in [0, 0.05) is 23.1 Å². The van der Waals surface area contributed by atoms with E-state index in [1.807, 2.05) is 79.6 Å². The lowest BCUT2D eigenvalue weighted by molar-refractivity contribution is 0.791. The van der Waals surface area contributed by atoms with Crippen LogP contribution in [0.3, 0.4) is 0 Å². The van der Waals surface area contributed by atoms with Crippen molar-refractivity contribution in [3.05, 3.63) is 88.6 Å². The molecule has 0 saturated heterocycles. The molecule has 0 fully saturated rings. The Morgan fingerprint density at radius 3 is 2.46 bits per heavy atom. The van der Waals surface area contributed by atoms with E-state index in [0.717, 1.165) is 16.6 Å². The molecule has 0 aromatic heterocycles. The minimum absolute atomic E-state index is 0.162. The van der Waals surface area contributed by atoms with Crippen LogP contribution in [-0.2, 0) is 6.42 Å². The van der Waals surface area contributed by atoms with Crippen LogP contribution >= 0.6 is 15.9 Å². The first-order chi connectivity index (χ1) is 11.7. The fraction of sp³-hybridized carbons (Fsp3) is 0.190. The summed E-state index contributed by atoms with van der Waals surface area (Å²) < 4.78 is 1.10. The van der Waals surface area contributed by atoms with Gasteiger partial charge in [0.05, 0.1) is 0 Å². The summed E-state index contributed by atoms with van der Waals surface area (Å²) in [5, 5.41) is 9.60. The number of halogens is 1. The third-order valence-corrected chi connectivity index (χ3v) is 4.62. The second-order valence-corrected chi connectivity index (χ2v) is 6.40. The van der Waals surface area contributed by atoms with Crippen molar-refractivity contribution in [3.8, 4) is 6.07 Å². The van der Waals surface area contributed by atoms with Gasteiger partial charge in [0.1, 0.15) is 11.8 Å². The second-order valence-electron chi connectivity index (χ2n) is 5.54. The van der Waals surface area contributed by atoms with E-state index >= 15 is 0 Å². The Balaban J connectivity index is 2.27. The molecule has 2 rings (SSSR count). The zero-order valence-corrected chi connectivity index (χ0v) is 15.6. The van der Waals surface area contributed by atoms with E-state index in [-0.39, 0.29) is 5.92 Å². The molecule has 3 heteroatoms. The van der Waals surface area contributed by atoms with Crippen LogP contribution in [0, 0.1) is 17.2 Å². The summed E-state index contributed by atoms with van der Waals surface area (Å²) in [4.78, 5) is 1.93. The van der Waals surface area contributed by atoms with E-state index in [2.05, 4.69) is 34.1 Å². The van der Waals surface area contributed by atoms with Crippen molar-refractivity contribution in [2.24, 2.45) is 5.92 Å². The molecule has 0 aliphatic rings. The van der Waals surface area contributed by atoms with Crippen LogP contribution in [0.25, 0.3) is 0 Å². The van der Waals surface area contributed by atoms with Crippen LogP contribution < -0.4 is 4.90 Å². The number of nitrogens with zero attached hydrogens (tertiary/aromatic N) is 2. The molecule has 2 aromatic carbocycles. The molecule has 0 radical (unpaired) electrons. The summed E-state index contributed by atoms with van der Waals surface area (Å²) in [6.45, 7) is 2.01. The maximum atomic E-state index is 9.60. The van der Waals surface area contributed by atoms with Gasteiger partial charge in [-0.1, -0.05) is 64.5 Å².